The number of nitrogens with one attached hydrogen (secondary N) is 1. The lowest BCUT2D eigenvalue weighted by molar-refractivity contribution is 0.273. The summed E-state index contributed by atoms with van der Waals surface area (Å²) in [7, 11) is 0. The minimum absolute atomic E-state index is 0.0244. The van der Waals surface area contributed by atoms with Crippen molar-refractivity contribution in [2.75, 3.05) is 0 Å². The van der Waals surface area contributed by atoms with E-state index in [4.69, 9.17) is 0 Å². The van der Waals surface area contributed by atoms with Crippen molar-refractivity contribution in [3.63, 3.8) is 0 Å². The third kappa shape index (κ3) is 1.20. The Balaban J connectivity index is 1.94. The maximum Gasteiger partial charge on any atom is 0.248 e. The Morgan fingerprint density at radius 3 is 2.85 bits per heavy atom. The molecule has 0 saturated heterocycles. The molecule has 0 radical (unpaired) electrons. The van der Waals surface area contributed by atoms with Gasteiger partial charge in [0.25, 0.3) is 0 Å². The molecule has 1 saturated carbocycles. The molecule has 1 aromatic rings. The van der Waals surface area contributed by atoms with Gasteiger partial charge < -0.3 is 4.98 Å². The molecule has 13 heavy (non-hydrogen) atoms. The van der Waals surface area contributed by atoms with Gasteiger partial charge in [-0.2, -0.15) is 0 Å². The zero-order chi connectivity index (χ0) is 8.84. The molecule has 1 N–H and O–H groups in total. The molecule has 0 spiro atoms. The van der Waals surface area contributed by atoms with Crippen LogP contribution in [0.5, 0.6) is 0 Å². The highest BCUT2D eigenvalue weighted by molar-refractivity contribution is 5.27. The molecule has 68 valence electrons. The van der Waals surface area contributed by atoms with Gasteiger partial charge >= 0.3 is 0 Å². The second-order valence-corrected chi connectivity index (χ2v) is 3.98. The van der Waals surface area contributed by atoms with E-state index in [9.17, 15) is 4.79 Å². The van der Waals surface area contributed by atoms with Crippen LogP contribution in [0.15, 0.2) is 17.1 Å². The molecular weight excluding hydrogens is 164 g/mol. The Morgan fingerprint density at radius 2 is 2.08 bits per heavy atom. The molecular formula is C10H12N2O. The lowest BCUT2D eigenvalue weighted by Crippen LogP contribution is -2.18. The van der Waals surface area contributed by atoms with Gasteiger partial charge in [0.05, 0.1) is 0 Å². The van der Waals surface area contributed by atoms with Gasteiger partial charge in [0.1, 0.15) is 0 Å². The fraction of sp³-hybridized carbons (Fsp3) is 0.500. The first-order chi connectivity index (χ1) is 6.33. The number of hydrogen-bond acceptors (Lipinski definition) is 2. The Hall–Kier alpha value is -1.09. The summed E-state index contributed by atoms with van der Waals surface area (Å²) in [6.07, 6.45) is 4.53. The predicted molar refractivity (Wildman–Crippen MR) is 49.3 cm³/mol. The molecule has 3 rings (SSSR count). The third-order valence-corrected chi connectivity index (χ3v) is 2.92. The van der Waals surface area contributed by atoms with Crippen LogP contribution in [0.2, 0.25) is 0 Å². The van der Waals surface area contributed by atoms with Gasteiger partial charge in [-0.05, 0) is 24.0 Å². The van der Waals surface area contributed by atoms with Gasteiger partial charge in [0, 0.05) is 31.4 Å². The van der Waals surface area contributed by atoms with Gasteiger partial charge in [-0.15, -0.1) is 0 Å². The second-order valence-electron chi connectivity index (χ2n) is 3.98. The Morgan fingerprint density at radius 1 is 1.31 bits per heavy atom. The highest BCUT2D eigenvalue weighted by Gasteiger charge is 2.32. The molecule has 2 heterocycles. The van der Waals surface area contributed by atoms with Crippen molar-refractivity contribution in [3.05, 3.63) is 33.7 Å². The zero-order valence-electron chi connectivity index (χ0n) is 7.42. The number of H-pyrrole nitrogens is 1. The maximum absolute atomic E-state index is 11.0. The Labute approximate surface area is 76.4 Å². The number of rotatable bonds is 1. The molecule has 0 amide bonds. The lowest BCUT2D eigenvalue weighted by atomic mass is 10.2. The molecule has 1 aromatic heterocycles. The number of aromatic nitrogens is 1. The standard InChI is InChI=1S/C10H12N2O/c13-10-3-7-5-12(9-1-2-9)6-8(7)4-11-10/h3-4,9H,1-2,5-6H2,(H,11,13). The summed E-state index contributed by atoms with van der Waals surface area (Å²) in [4.78, 5) is 16.2. The molecule has 1 fully saturated rings. The quantitative estimate of drug-likeness (QED) is 0.688. The second kappa shape index (κ2) is 2.45. The van der Waals surface area contributed by atoms with E-state index in [1.54, 1.807) is 6.07 Å². The summed E-state index contributed by atoms with van der Waals surface area (Å²) in [5.41, 5.74) is 2.54. The van der Waals surface area contributed by atoms with E-state index in [1.165, 1.54) is 24.0 Å². The molecule has 0 aromatic carbocycles. The van der Waals surface area contributed by atoms with Gasteiger partial charge in [-0.25, -0.2) is 0 Å². The number of hydrogen-bond donors (Lipinski definition) is 1. The van der Waals surface area contributed by atoms with E-state index in [-0.39, 0.29) is 5.56 Å². The third-order valence-electron chi connectivity index (χ3n) is 2.92. The van der Waals surface area contributed by atoms with Crippen LogP contribution in [0.1, 0.15) is 24.0 Å². The Kier molecular flexibility index (Phi) is 1.38. The SMILES string of the molecule is O=c1cc2c(c[nH]1)CN(C1CC1)C2. The first-order valence-electron chi connectivity index (χ1n) is 4.77. The highest BCUT2D eigenvalue weighted by Crippen LogP contribution is 2.33. The van der Waals surface area contributed by atoms with E-state index in [0.29, 0.717) is 0 Å². The van der Waals surface area contributed by atoms with Crippen LogP contribution in [-0.4, -0.2) is 15.9 Å². The minimum atomic E-state index is 0.0244. The molecule has 1 aliphatic carbocycles. The highest BCUT2D eigenvalue weighted by atomic mass is 16.1. The topological polar surface area (TPSA) is 36.1 Å². The lowest BCUT2D eigenvalue weighted by Gasteiger charge is -2.11. The van der Waals surface area contributed by atoms with Crippen LogP contribution >= 0.6 is 0 Å². The summed E-state index contributed by atoms with van der Waals surface area (Å²) in [6, 6.07) is 2.53. The maximum atomic E-state index is 11.0. The van der Waals surface area contributed by atoms with Gasteiger partial charge in [0.2, 0.25) is 5.56 Å². The van der Waals surface area contributed by atoms with Crippen LogP contribution in [0.25, 0.3) is 0 Å². The summed E-state index contributed by atoms with van der Waals surface area (Å²) in [6.45, 7) is 2.00. The number of pyridine rings is 1. The molecule has 0 unspecified atom stereocenters. The zero-order valence-corrected chi connectivity index (χ0v) is 7.42. The van der Waals surface area contributed by atoms with Crippen molar-refractivity contribution in [1.82, 2.24) is 9.88 Å². The Bertz CT molecular complexity index is 392. The molecule has 0 atom stereocenters. The van der Waals surface area contributed by atoms with E-state index in [0.717, 1.165) is 19.1 Å². The van der Waals surface area contributed by atoms with Crippen LogP contribution in [0, 0.1) is 0 Å². The van der Waals surface area contributed by atoms with E-state index in [1.807, 2.05) is 6.20 Å². The van der Waals surface area contributed by atoms with Crippen molar-refractivity contribution in [2.24, 2.45) is 0 Å². The predicted octanol–water partition coefficient (Wildman–Crippen LogP) is 0.853. The largest absolute Gasteiger partial charge is 0.329 e. The van der Waals surface area contributed by atoms with Crippen LogP contribution in [0.3, 0.4) is 0 Å². The fourth-order valence-corrected chi connectivity index (χ4v) is 2.03. The fourth-order valence-electron chi connectivity index (χ4n) is 2.03. The summed E-state index contributed by atoms with van der Waals surface area (Å²) in [5.74, 6) is 0. The van der Waals surface area contributed by atoms with Crippen LogP contribution in [0.4, 0.5) is 0 Å². The van der Waals surface area contributed by atoms with Crippen LogP contribution in [-0.2, 0) is 13.1 Å². The van der Waals surface area contributed by atoms with Gasteiger partial charge in [-0.3, -0.25) is 9.69 Å². The smallest absolute Gasteiger partial charge is 0.248 e. The average molecular weight is 176 g/mol. The molecule has 2 aliphatic rings. The van der Waals surface area contributed by atoms with E-state index >= 15 is 0 Å². The van der Waals surface area contributed by atoms with Crippen molar-refractivity contribution in [1.29, 1.82) is 0 Å². The number of nitrogens with zero attached hydrogens (tertiary/aromatic N) is 1. The van der Waals surface area contributed by atoms with Gasteiger partial charge in [0.15, 0.2) is 0 Å². The molecule has 1 aliphatic heterocycles. The first-order valence-corrected chi connectivity index (χ1v) is 4.77. The average Bonchev–Trinajstić information content (AvgIpc) is 2.87. The van der Waals surface area contributed by atoms with Crippen molar-refractivity contribution < 1.29 is 0 Å². The minimum Gasteiger partial charge on any atom is -0.329 e. The monoisotopic (exact) mass is 176 g/mol. The first kappa shape index (κ1) is 7.33. The van der Waals surface area contributed by atoms with Crippen molar-refractivity contribution >= 4 is 0 Å². The molecule has 3 nitrogen and oxygen atoms in total. The van der Waals surface area contributed by atoms with Crippen LogP contribution < -0.4 is 5.56 Å². The normalized spacial score (nSPS) is 21.8. The number of fused-ring (bicyclic) bond motifs is 1. The van der Waals surface area contributed by atoms with E-state index < -0.39 is 0 Å². The van der Waals surface area contributed by atoms with E-state index in [2.05, 4.69) is 9.88 Å². The molecule has 0 bridgehead atoms. The summed E-state index contributed by atoms with van der Waals surface area (Å²) in [5, 5.41) is 0. The summed E-state index contributed by atoms with van der Waals surface area (Å²) >= 11 is 0. The van der Waals surface area contributed by atoms with Crippen molar-refractivity contribution in [2.45, 2.75) is 32.0 Å². The van der Waals surface area contributed by atoms with Gasteiger partial charge in [-0.1, -0.05) is 0 Å². The van der Waals surface area contributed by atoms with Crippen molar-refractivity contribution in [3.8, 4) is 0 Å². The number of aromatic amines is 1. The molecule has 3 heteroatoms. The summed E-state index contributed by atoms with van der Waals surface area (Å²) < 4.78 is 0.